The molecule has 3 rings (SSSR count). The zero-order chi connectivity index (χ0) is 14.1. The van der Waals surface area contributed by atoms with Crippen molar-refractivity contribution in [2.75, 3.05) is 5.32 Å². The molecule has 0 saturated carbocycles. The molecule has 3 aromatic heterocycles. The molecule has 2 N–H and O–H groups in total. The monoisotopic (exact) mass is 269 g/mol. The molecule has 0 spiro atoms. The summed E-state index contributed by atoms with van der Waals surface area (Å²) in [5.41, 5.74) is 3.15. The predicted molar refractivity (Wildman–Crippen MR) is 75.8 cm³/mol. The molecule has 20 heavy (non-hydrogen) atoms. The second-order valence-corrected chi connectivity index (χ2v) is 4.60. The lowest BCUT2D eigenvalue weighted by atomic mass is 10.2. The maximum atomic E-state index is 12.2. The van der Waals surface area contributed by atoms with Gasteiger partial charge < -0.3 is 9.72 Å². The summed E-state index contributed by atoms with van der Waals surface area (Å²) < 4.78 is 1.89. The van der Waals surface area contributed by atoms with Gasteiger partial charge in [-0.15, -0.1) is 0 Å². The fourth-order valence-electron chi connectivity index (χ4n) is 2.12. The number of pyridine rings is 1. The van der Waals surface area contributed by atoms with E-state index in [1.54, 1.807) is 12.4 Å². The Hall–Kier alpha value is -2.63. The summed E-state index contributed by atoms with van der Waals surface area (Å²) in [5, 5.41) is 9.52. The molecule has 0 aliphatic heterocycles. The van der Waals surface area contributed by atoms with Gasteiger partial charge in [-0.05, 0) is 25.5 Å². The van der Waals surface area contributed by atoms with Crippen LogP contribution >= 0.6 is 0 Å². The molecule has 6 nitrogen and oxygen atoms in total. The SMILES string of the molecule is CCc1cn[nH]c1NC(=O)c1cn2c(C)cccc2n1. The van der Waals surface area contributed by atoms with Crippen LogP contribution in [-0.4, -0.2) is 25.5 Å². The lowest BCUT2D eigenvalue weighted by molar-refractivity contribution is 0.102. The molecule has 0 atom stereocenters. The van der Waals surface area contributed by atoms with Crippen molar-refractivity contribution in [2.45, 2.75) is 20.3 Å². The Balaban J connectivity index is 1.91. The Labute approximate surface area is 115 Å². The summed E-state index contributed by atoms with van der Waals surface area (Å²) >= 11 is 0. The van der Waals surface area contributed by atoms with Crippen LogP contribution in [0.2, 0.25) is 0 Å². The number of anilines is 1. The number of nitrogens with one attached hydrogen (secondary N) is 2. The van der Waals surface area contributed by atoms with Crippen molar-refractivity contribution in [1.29, 1.82) is 0 Å². The molecule has 0 bridgehead atoms. The Morgan fingerprint density at radius 2 is 2.30 bits per heavy atom. The van der Waals surface area contributed by atoms with Gasteiger partial charge in [0, 0.05) is 17.5 Å². The van der Waals surface area contributed by atoms with Gasteiger partial charge in [-0.2, -0.15) is 5.10 Å². The van der Waals surface area contributed by atoms with E-state index < -0.39 is 0 Å². The fraction of sp³-hybridized carbons (Fsp3) is 0.214. The Bertz CT molecular complexity index is 771. The number of hydrogen-bond donors (Lipinski definition) is 2. The Morgan fingerprint density at radius 3 is 3.05 bits per heavy atom. The van der Waals surface area contributed by atoms with E-state index in [0.29, 0.717) is 11.5 Å². The third-order valence-electron chi connectivity index (χ3n) is 3.27. The first-order chi connectivity index (χ1) is 9.69. The van der Waals surface area contributed by atoms with Gasteiger partial charge in [0.2, 0.25) is 0 Å². The van der Waals surface area contributed by atoms with Crippen molar-refractivity contribution in [3.05, 3.63) is 47.5 Å². The topological polar surface area (TPSA) is 75.1 Å². The number of rotatable bonds is 3. The molecular weight excluding hydrogens is 254 g/mol. The van der Waals surface area contributed by atoms with Crippen LogP contribution < -0.4 is 5.32 Å². The number of amides is 1. The highest BCUT2D eigenvalue weighted by Crippen LogP contribution is 2.14. The van der Waals surface area contributed by atoms with Gasteiger partial charge in [0.15, 0.2) is 0 Å². The summed E-state index contributed by atoms with van der Waals surface area (Å²) in [6.07, 6.45) is 4.25. The minimum Gasteiger partial charge on any atom is -0.305 e. The Kier molecular flexibility index (Phi) is 2.98. The van der Waals surface area contributed by atoms with E-state index in [9.17, 15) is 4.79 Å². The third-order valence-corrected chi connectivity index (χ3v) is 3.27. The summed E-state index contributed by atoms with van der Waals surface area (Å²) in [4.78, 5) is 16.6. The first-order valence-corrected chi connectivity index (χ1v) is 6.47. The summed E-state index contributed by atoms with van der Waals surface area (Å²) in [7, 11) is 0. The first-order valence-electron chi connectivity index (χ1n) is 6.47. The number of carbonyl (C=O) groups excluding carboxylic acids is 1. The van der Waals surface area contributed by atoms with Gasteiger partial charge in [0.25, 0.3) is 5.91 Å². The minimum absolute atomic E-state index is 0.243. The number of hydrogen-bond acceptors (Lipinski definition) is 3. The maximum Gasteiger partial charge on any atom is 0.277 e. The zero-order valence-corrected chi connectivity index (χ0v) is 11.3. The molecule has 0 saturated heterocycles. The second-order valence-electron chi connectivity index (χ2n) is 4.60. The molecule has 1 amide bonds. The van der Waals surface area contributed by atoms with Crippen molar-refractivity contribution < 1.29 is 4.79 Å². The van der Waals surface area contributed by atoms with Crippen molar-refractivity contribution in [1.82, 2.24) is 19.6 Å². The van der Waals surface area contributed by atoms with E-state index in [0.717, 1.165) is 23.3 Å². The number of fused-ring (bicyclic) bond motifs is 1. The van der Waals surface area contributed by atoms with E-state index in [1.807, 2.05) is 36.4 Å². The molecule has 0 fully saturated rings. The summed E-state index contributed by atoms with van der Waals surface area (Å²) in [6, 6.07) is 5.77. The molecule has 0 aliphatic rings. The number of imidazole rings is 1. The van der Waals surface area contributed by atoms with E-state index in [2.05, 4.69) is 20.5 Å². The van der Waals surface area contributed by atoms with Gasteiger partial charge >= 0.3 is 0 Å². The highest BCUT2D eigenvalue weighted by atomic mass is 16.2. The maximum absolute atomic E-state index is 12.2. The quantitative estimate of drug-likeness (QED) is 0.765. The fourth-order valence-corrected chi connectivity index (χ4v) is 2.12. The number of H-pyrrole nitrogens is 1. The highest BCUT2D eigenvalue weighted by Gasteiger charge is 2.14. The number of carbonyl (C=O) groups is 1. The van der Waals surface area contributed by atoms with Crippen LogP contribution in [0, 0.1) is 6.92 Å². The van der Waals surface area contributed by atoms with Crippen LogP contribution in [0.4, 0.5) is 5.82 Å². The normalized spacial score (nSPS) is 10.9. The molecule has 0 radical (unpaired) electrons. The van der Waals surface area contributed by atoms with E-state index in [-0.39, 0.29) is 5.91 Å². The largest absolute Gasteiger partial charge is 0.305 e. The number of aromatic nitrogens is 4. The molecule has 3 heterocycles. The van der Waals surface area contributed by atoms with E-state index in [4.69, 9.17) is 0 Å². The highest BCUT2D eigenvalue weighted by molar-refractivity contribution is 6.03. The summed E-state index contributed by atoms with van der Waals surface area (Å²) in [5.74, 6) is 0.387. The average molecular weight is 269 g/mol. The van der Waals surface area contributed by atoms with E-state index in [1.165, 1.54) is 0 Å². The molecule has 0 aliphatic carbocycles. The lowest BCUT2D eigenvalue weighted by Crippen LogP contribution is -2.13. The number of nitrogens with zero attached hydrogens (tertiary/aromatic N) is 3. The van der Waals surface area contributed by atoms with Crippen LogP contribution in [0.15, 0.2) is 30.6 Å². The van der Waals surface area contributed by atoms with Gasteiger partial charge in [-0.25, -0.2) is 4.98 Å². The molecule has 3 aromatic rings. The minimum atomic E-state index is -0.243. The van der Waals surface area contributed by atoms with Crippen LogP contribution in [0.1, 0.15) is 28.7 Å². The number of aromatic amines is 1. The number of aryl methyl sites for hydroxylation is 2. The van der Waals surface area contributed by atoms with Crippen LogP contribution in [0.5, 0.6) is 0 Å². The lowest BCUT2D eigenvalue weighted by Gasteiger charge is -2.01. The summed E-state index contributed by atoms with van der Waals surface area (Å²) in [6.45, 7) is 3.98. The third kappa shape index (κ3) is 2.05. The smallest absolute Gasteiger partial charge is 0.277 e. The van der Waals surface area contributed by atoms with Crippen LogP contribution in [0.3, 0.4) is 0 Å². The molecule has 0 aromatic carbocycles. The second kappa shape index (κ2) is 4.80. The average Bonchev–Trinajstić information content (AvgIpc) is 3.05. The van der Waals surface area contributed by atoms with Gasteiger partial charge in [-0.3, -0.25) is 9.89 Å². The zero-order valence-electron chi connectivity index (χ0n) is 11.3. The molecular formula is C14H15N5O. The predicted octanol–water partition coefficient (Wildman–Crippen LogP) is 2.18. The van der Waals surface area contributed by atoms with Gasteiger partial charge in [0.05, 0.1) is 6.20 Å². The van der Waals surface area contributed by atoms with Crippen LogP contribution in [-0.2, 0) is 6.42 Å². The molecule has 102 valence electrons. The van der Waals surface area contributed by atoms with E-state index >= 15 is 0 Å². The Morgan fingerprint density at radius 1 is 1.45 bits per heavy atom. The molecule has 6 heteroatoms. The van der Waals surface area contributed by atoms with Crippen molar-refractivity contribution in [3.63, 3.8) is 0 Å². The van der Waals surface area contributed by atoms with Crippen molar-refractivity contribution in [2.24, 2.45) is 0 Å². The van der Waals surface area contributed by atoms with Crippen molar-refractivity contribution >= 4 is 17.4 Å². The standard InChI is InChI=1S/C14H15N5O/c1-3-10-7-15-18-13(10)17-14(20)11-8-19-9(2)5-4-6-12(19)16-11/h4-8H,3H2,1-2H3,(H2,15,17,18,20). The first kappa shape index (κ1) is 12.4. The van der Waals surface area contributed by atoms with Gasteiger partial charge in [-0.1, -0.05) is 13.0 Å². The molecule has 0 unspecified atom stereocenters. The van der Waals surface area contributed by atoms with Crippen molar-refractivity contribution in [3.8, 4) is 0 Å². The van der Waals surface area contributed by atoms with Gasteiger partial charge in [0.1, 0.15) is 17.2 Å². The van der Waals surface area contributed by atoms with Crippen LogP contribution in [0.25, 0.3) is 5.65 Å².